The van der Waals surface area contributed by atoms with Gasteiger partial charge >= 0.3 is 0 Å². The molecule has 0 saturated heterocycles. The Morgan fingerprint density at radius 1 is 1.32 bits per heavy atom. The third-order valence-corrected chi connectivity index (χ3v) is 6.78. The van der Waals surface area contributed by atoms with Crippen LogP contribution in [0.5, 0.6) is 0 Å². The maximum Gasteiger partial charge on any atom is 0.173 e. The van der Waals surface area contributed by atoms with Crippen molar-refractivity contribution in [3.63, 3.8) is 0 Å². The smallest absolute Gasteiger partial charge is 0.173 e. The molecule has 2 unspecified atom stereocenters. The van der Waals surface area contributed by atoms with E-state index in [1.807, 2.05) is 12.1 Å². The predicted octanol–water partition coefficient (Wildman–Crippen LogP) is 3.63. The molecule has 1 N–H and O–H groups in total. The lowest BCUT2D eigenvalue weighted by Crippen LogP contribution is -2.41. The third-order valence-electron chi connectivity index (χ3n) is 4.45. The Bertz CT molecular complexity index is 1100. The zero-order valence-corrected chi connectivity index (χ0v) is 16.3. The number of thioether (sulfide) groups is 1. The van der Waals surface area contributed by atoms with Crippen molar-refractivity contribution in [2.45, 2.75) is 28.5 Å². The van der Waals surface area contributed by atoms with Gasteiger partial charge in [0.05, 0.1) is 10.8 Å². The highest BCUT2D eigenvalue weighted by Gasteiger charge is 2.40. The molecule has 3 aromatic heterocycles. The number of hydrogen-bond acceptors (Lipinski definition) is 7. The summed E-state index contributed by atoms with van der Waals surface area (Å²) in [4.78, 5) is 8.09. The molecule has 4 rings (SSSR count). The number of pyridine rings is 1. The van der Waals surface area contributed by atoms with Crippen LogP contribution in [-0.4, -0.2) is 34.5 Å². The lowest BCUT2D eigenvalue weighted by Gasteiger charge is -2.34. The summed E-state index contributed by atoms with van der Waals surface area (Å²) in [7, 11) is 0. The normalized spacial score (nSPS) is 14.9. The molecule has 0 fully saturated rings. The first-order valence-electron chi connectivity index (χ1n) is 8.35. The van der Waals surface area contributed by atoms with Crippen LogP contribution in [0.25, 0.3) is 11.0 Å². The number of rotatable bonds is 6. The summed E-state index contributed by atoms with van der Waals surface area (Å²) in [5, 5.41) is 15.9. The van der Waals surface area contributed by atoms with E-state index in [4.69, 9.17) is 0 Å². The van der Waals surface area contributed by atoms with Crippen LogP contribution in [-0.2, 0) is 12.1 Å². The van der Waals surface area contributed by atoms with Crippen molar-refractivity contribution in [1.82, 2.24) is 24.1 Å². The number of nitrogens with zero attached hydrogens (tertiary/aromatic N) is 5. The molecule has 0 aliphatic heterocycles. The summed E-state index contributed by atoms with van der Waals surface area (Å²) in [5.41, 5.74) is -1.05. The largest absolute Gasteiger partial charge is 0.382 e. The van der Waals surface area contributed by atoms with Crippen LogP contribution >= 0.6 is 23.3 Å². The molecule has 0 aliphatic carbocycles. The number of fused-ring (bicyclic) bond motifs is 1. The number of hydrogen-bond donors (Lipinski definition) is 1. The van der Waals surface area contributed by atoms with E-state index in [9.17, 15) is 13.9 Å². The minimum atomic E-state index is -1.67. The fourth-order valence-electron chi connectivity index (χ4n) is 2.94. The molecule has 1 aromatic carbocycles. The zero-order valence-electron chi connectivity index (χ0n) is 14.7. The molecule has 10 heteroatoms. The van der Waals surface area contributed by atoms with E-state index in [2.05, 4.69) is 19.4 Å². The van der Waals surface area contributed by atoms with Gasteiger partial charge in [-0.05, 0) is 36.7 Å². The highest BCUT2D eigenvalue weighted by molar-refractivity contribution is 8.01. The summed E-state index contributed by atoms with van der Waals surface area (Å²) in [5.74, 6) is -1.52. The molecule has 0 bridgehead atoms. The molecule has 3 heterocycles. The Morgan fingerprint density at radius 2 is 2.18 bits per heavy atom. The van der Waals surface area contributed by atoms with Gasteiger partial charge in [0.1, 0.15) is 29.9 Å². The first-order valence-corrected chi connectivity index (χ1v) is 10.00. The summed E-state index contributed by atoms with van der Waals surface area (Å²) in [6.45, 7) is 1.74. The molecule has 0 spiro atoms. The maximum atomic E-state index is 14.6. The number of halogens is 2. The van der Waals surface area contributed by atoms with Gasteiger partial charge in [0.2, 0.25) is 0 Å². The molecular weight excluding hydrogens is 404 g/mol. The van der Waals surface area contributed by atoms with E-state index in [0.29, 0.717) is 5.65 Å². The van der Waals surface area contributed by atoms with Gasteiger partial charge in [-0.3, -0.25) is 0 Å². The zero-order chi connectivity index (χ0) is 19.7. The van der Waals surface area contributed by atoms with Gasteiger partial charge in [0.15, 0.2) is 5.65 Å². The Morgan fingerprint density at radius 3 is 2.93 bits per heavy atom. The van der Waals surface area contributed by atoms with Crippen LogP contribution in [0.2, 0.25) is 0 Å². The highest BCUT2D eigenvalue weighted by Crippen LogP contribution is 2.42. The summed E-state index contributed by atoms with van der Waals surface area (Å²) >= 11 is 2.63. The lowest BCUT2D eigenvalue weighted by molar-refractivity contribution is 0.0134. The topological polar surface area (TPSA) is 76.7 Å². The van der Waals surface area contributed by atoms with Crippen molar-refractivity contribution >= 4 is 34.3 Å². The van der Waals surface area contributed by atoms with Crippen LogP contribution in [0.1, 0.15) is 12.5 Å². The van der Waals surface area contributed by atoms with Crippen molar-refractivity contribution in [3.8, 4) is 0 Å². The minimum Gasteiger partial charge on any atom is -0.382 e. The molecule has 2 atom stereocenters. The average Bonchev–Trinajstić information content (AvgIpc) is 3.31. The number of aromatic nitrogens is 5. The third kappa shape index (κ3) is 3.50. The monoisotopic (exact) mass is 419 g/mol. The van der Waals surface area contributed by atoms with Gasteiger partial charge in [0, 0.05) is 28.5 Å². The summed E-state index contributed by atoms with van der Waals surface area (Å²) < 4.78 is 34.6. The Labute approximate surface area is 167 Å². The molecule has 4 aromatic rings. The van der Waals surface area contributed by atoms with Crippen molar-refractivity contribution in [1.29, 1.82) is 0 Å². The molecule has 0 saturated carbocycles. The Kier molecular flexibility index (Phi) is 5.09. The summed E-state index contributed by atoms with van der Waals surface area (Å²) in [6, 6.07) is 6.88. The van der Waals surface area contributed by atoms with Gasteiger partial charge in [-0.1, -0.05) is 6.07 Å². The van der Waals surface area contributed by atoms with Gasteiger partial charge in [-0.2, -0.15) is 9.47 Å². The van der Waals surface area contributed by atoms with E-state index in [1.165, 1.54) is 46.7 Å². The SMILES string of the molecule is CC(Sc1snc2ncccc12)C(O)(Cn1cncn1)c1ccc(F)cc1F. The highest BCUT2D eigenvalue weighted by atomic mass is 32.2. The van der Waals surface area contributed by atoms with Crippen LogP contribution in [0.3, 0.4) is 0 Å². The van der Waals surface area contributed by atoms with Crippen molar-refractivity contribution in [3.05, 3.63) is 66.4 Å². The molecule has 6 nitrogen and oxygen atoms in total. The van der Waals surface area contributed by atoms with E-state index < -0.39 is 22.5 Å². The second kappa shape index (κ2) is 7.53. The lowest BCUT2D eigenvalue weighted by atomic mass is 9.90. The fraction of sp³-hybridized carbons (Fsp3) is 0.222. The van der Waals surface area contributed by atoms with Crippen molar-refractivity contribution in [2.24, 2.45) is 0 Å². The number of aliphatic hydroxyl groups is 1. The standard InChI is InChI=1S/C18H15F2N5OS2/c1-11(27-17-13-3-2-6-22-16(13)24-28-17)18(26,8-25-10-21-9-23-25)14-5-4-12(19)7-15(14)20/h2-7,9-11,26H,8H2,1H3. The first-order chi connectivity index (χ1) is 13.5. The molecular formula is C18H15F2N5OS2. The minimum absolute atomic E-state index is 0.00338. The van der Waals surface area contributed by atoms with Gasteiger partial charge in [-0.15, -0.1) is 11.8 Å². The molecule has 0 aliphatic rings. The molecule has 0 amide bonds. The van der Waals surface area contributed by atoms with E-state index in [1.54, 1.807) is 13.1 Å². The first kappa shape index (κ1) is 18.9. The van der Waals surface area contributed by atoms with Crippen LogP contribution < -0.4 is 0 Å². The molecule has 0 radical (unpaired) electrons. The van der Waals surface area contributed by atoms with Crippen LogP contribution in [0.15, 0.2) is 53.4 Å². The van der Waals surface area contributed by atoms with E-state index in [-0.39, 0.29) is 12.1 Å². The predicted molar refractivity (Wildman–Crippen MR) is 103 cm³/mol. The van der Waals surface area contributed by atoms with Gasteiger partial charge in [0.25, 0.3) is 0 Å². The van der Waals surface area contributed by atoms with Crippen molar-refractivity contribution in [2.75, 3.05) is 0 Å². The van der Waals surface area contributed by atoms with E-state index in [0.717, 1.165) is 21.7 Å². The Balaban J connectivity index is 1.73. The number of benzene rings is 1. The second-order valence-corrected chi connectivity index (χ2v) is 8.63. The van der Waals surface area contributed by atoms with Crippen LogP contribution in [0.4, 0.5) is 8.78 Å². The quantitative estimate of drug-likeness (QED) is 0.481. The average molecular weight is 419 g/mol. The van der Waals surface area contributed by atoms with Crippen molar-refractivity contribution < 1.29 is 13.9 Å². The van der Waals surface area contributed by atoms with Crippen LogP contribution in [0, 0.1) is 11.6 Å². The van der Waals surface area contributed by atoms with Gasteiger partial charge < -0.3 is 5.11 Å². The fourth-order valence-corrected chi connectivity index (χ4v) is 5.23. The molecule has 144 valence electrons. The Hall–Kier alpha value is -2.43. The van der Waals surface area contributed by atoms with E-state index >= 15 is 0 Å². The maximum absolute atomic E-state index is 14.6. The van der Waals surface area contributed by atoms with Gasteiger partial charge in [-0.25, -0.2) is 23.4 Å². The molecule has 28 heavy (non-hydrogen) atoms. The second-order valence-electron chi connectivity index (χ2n) is 6.25. The summed E-state index contributed by atoms with van der Waals surface area (Å²) in [6.07, 6.45) is 4.44.